The molecular weight excluding hydrogens is 234 g/mol. The third kappa shape index (κ3) is 4.75. The van der Waals surface area contributed by atoms with Crippen molar-refractivity contribution >= 4 is 0 Å². The van der Waals surface area contributed by atoms with Crippen LogP contribution < -0.4 is 5.32 Å². The van der Waals surface area contributed by atoms with E-state index in [2.05, 4.69) is 12.2 Å². The highest BCUT2D eigenvalue weighted by molar-refractivity contribution is 4.81. The molecule has 2 saturated carbocycles. The van der Waals surface area contributed by atoms with Gasteiger partial charge in [-0.25, -0.2) is 0 Å². The van der Waals surface area contributed by atoms with Crippen LogP contribution in [-0.4, -0.2) is 24.3 Å². The third-order valence-electron chi connectivity index (χ3n) is 5.50. The Morgan fingerprint density at radius 2 is 1.74 bits per heavy atom. The number of nitrogens with one attached hydrogen (secondary N) is 1. The number of aliphatic hydroxyl groups excluding tert-OH is 1. The van der Waals surface area contributed by atoms with Gasteiger partial charge in [-0.3, -0.25) is 0 Å². The lowest BCUT2D eigenvalue weighted by molar-refractivity contribution is 0.189. The second kappa shape index (κ2) is 8.26. The van der Waals surface area contributed by atoms with Gasteiger partial charge in [0.2, 0.25) is 0 Å². The first-order valence-electron chi connectivity index (χ1n) is 8.67. The first-order chi connectivity index (χ1) is 9.33. The van der Waals surface area contributed by atoms with Gasteiger partial charge >= 0.3 is 0 Å². The SMILES string of the molecule is CCCC1CCCC(NCC2CCCC2CO)CC1. The van der Waals surface area contributed by atoms with Gasteiger partial charge in [0.15, 0.2) is 0 Å². The summed E-state index contributed by atoms with van der Waals surface area (Å²) in [4.78, 5) is 0. The van der Waals surface area contributed by atoms with E-state index in [-0.39, 0.29) is 0 Å². The maximum atomic E-state index is 9.38. The Morgan fingerprint density at radius 1 is 0.947 bits per heavy atom. The van der Waals surface area contributed by atoms with Crippen LogP contribution in [0.25, 0.3) is 0 Å². The molecule has 0 bridgehead atoms. The Labute approximate surface area is 119 Å². The van der Waals surface area contributed by atoms with E-state index in [1.54, 1.807) is 0 Å². The molecule has 0 aromatic carbocycles. The molecule has 0 aromatic rings. The maximum absolute atomic E-state index is 9.38. The van der Waals surface area contributed by atoms with Crippen molar-refractivity contribution in [2.24, 2.45) is 17.8 Å². The molecule has 112 valence electrons. The Balaban J connectivity index is 1.68. The molecule has 2 nitrogen and oxygen atoms in total. The van der Waals surface area contributed by atoms with Gasteiger partial charge in [-0.15, -0.1) is 0 Å². The lowest BCUT2D eigenvalue weighted by atomic mass is 9.95. The number of hydrogen-bond donors (Lipinski definition) is 2. The minimum absolute atomic E-state index is 0.398. The van der Waals surface area contributed by atoms with E-state index in [4.69, 9.17) is 0 Å². The highest BCUT2D eigenvalue weighted by atomic mass is 16.3. The summed E-state index contributed by atoms with van der Waals surface area (Å²) in [7, 11) is 0. The summed E-state index contributed by atoms with van der Waals surface area (Å²) in [5, 5.41) is 13.2. The molecule has 0 aromatic heterocycles. The molecule has 0 heterocycles. The lowest BCUT2D eigenvalue weighted by Crippen LogP contribution is -2.34. The molecule has 4 atom stereocenters. The summed E-state index contributed by atoms with van der Waals surface area (Å²) in [6.45, 7) is 3.86. The average molecular weight is 267 g/mol. The van der Waals surface area contributed by atoms with Crippen LogP contribution >= 0.6 is 0 Å². The van der Waals surface area contributed by atoms with Crippen LogP contribution in [0.5, 0.6) is 0 Å². The van der Waals surface area contributed by atoms with E-state index in [0.717, 1.165) is 24.4 Å². The molecule has 0 spiro atoms. The van der Waals surface area contributed by atoms with Crippen molar-refractivity contribution < 1.29 is 5.11 Å². The third-order valence-corrected chi connectivity index (χ3v) is 5.50. The van der Waals surface area contributed by atoms with Crippen LogP contribution in [0.1, 0.15) is 71.1 Å². The lowest BCUT2D eigenvalue weighted by Gasteiger charge is -2.22. The van der Waals surface area contributed by atoms with E-state index in [9.17, 15) is 5.11 Å². The summed E-state index contributed by atoms with van der Waals surface area (Å²) in [6.07, 6.45) is 13.7. The monoisotopic (exact) mass is 267 g/mol. The fraction of sp³-hybridized carbons (Fsp3) is 1.00. The quantitative estimate of drug-likeness (QED) is 0.719. The highest BCUT2D eigenvalue weighted by Gasteiger charge is 2.27. The van der Waals surface area contributed by atoms with Crippen LogP contribution in [0.3, 0.4) is 0 Å². The van der Waals surface area contributed by atoms with E-state index in [1.807, 2.05) is 0 Å². The van der Waals surface area contributed by atoms with Gasteiger partial charge in [-0.05, 0) is 56.4 Å². The molecule has 0 saturated heterocycles. The van der Waals surface area contributed by atoms with Crippen molar-refractivity contribution in [1.82, 2.24) is 5.32 Å². The van der Waals surface area contributed by atoms with Crippen LogP contribution in [0.15, 0.2) is 0 Å². The predicted molar refractivity (Wildman–Crippen MR) is 81.2 cm³/mol. The Kier molecular flexibility index (Phi) is 6.66. The van der Waals surface area contributed by atoms with Gasteiger partial charge in [0.05, 0.1) is 0 Å². The zero-order valence-corrected chi connectivity index (χ0v) is 12.7. The Hall–Kier alpha value is -0.0800. The second-order valence-corrected chi connectivity index (χ2v) is 6.90. The minimum Gasteiger partial charge on any atom is -0.396 e. The second-order valence-electron chi connectivity index (χ2n) is 6.90. The largest absolute Gasteiger partial charge is 0.396 e. The van der Waals surface area contributed by atoms with Gasteiger partial charge in [0, 0.05) is 12.6 Å². The fourth-order valence-corrected chi connectivity index (χ4v) is 4.22. The van der Waals surface area contributed by atoms with Gasteiger partial charge in [-0.1, -0.05) is 39.0 Å². The van der Waals surface area contributed by atoms with Crippen LogP contribution in [0.4, 0.5) is 0 Å². The van der Waals surface area contributed by atoms with Crippen molar-refractivity contribution in [3.8, 4) is 0 Å². The van der Waals surface area contributed by atoms with Crippen molar-refractivity contribution in [3.63, 3.8) is 0 Å². The maximum Gasteiger partial charge on any atom is 0.0462 e. The summed E-state index contributed by atoms with van der Waals surface area (Å²) in [6, 6.07) is 0.752. The summed E-state index contributed by atoms with van der Waals surface area (Å²) in [5.74, 6) is 2.30. The van der Waals surface area contributed by atoms with E-state index < -0.39 is 0 Å². The van der Waals surface area contributed by atoms with Crippen molar-refractivity contribution in [1.29, 1.82) is 0 Å². The molecule has 2 rings (SSSR count). The molecule has 0 aliphatic heterocycles. The molecule has 0 amide bonds. The van der Waals surface area contributed by atoms with Gasteiger partial charge in [0.25, 0.3) is 0 Å². The van der Waals surface area contributed by atoms with Gasteiger partial charge in [-0.2, -0.15) is 0 Å². The molecule has 2 aliphatic rings. The van der Waals surface area contributed by atoms with Crippen molar-refractivity contribution in [2.45, 2.75) is 77.2 Å². The van der Waals surface area contributed by atoms with Crippen LogP contribution in [0.2, 0.25) is 0 Å². The van der Waals surface area contributed by atoms with Crippen molar-refractivity contribution in [2.75, 3.05) is 13.2 Å². The van der Waals surface area contributed by atoms with Crippen LogP contribution in [-0.2, 0) is 0 Å². The fourth-order valence-electron chi connectivity index (χ4n) is 4.22. The molecule has 0 radical (unpaired) electrons. The Bertz CT molecular complexity index is 243. The van der Waals surface area contributed by atoms with Gasteiger partial charge in [0.1, 0.15) is 0 Å². The van der Waals surface area contributed by atoms with E-state index in [1.165, 1.54) is 64.2 Å². The standard InChI is InChI=1S/C17H33NO/c1-2-5-14-6-3-9-17(11-10-14)18-12-15-7-4-8-16(15)13-19/h14-19H,2-13H2,1H3. The van der Waals surface area contributed by atoms with E-state index in [0.29, 0.717) is 12.5 Å². The van der Waals surface area contributed by atoms with Gasteiger partial charge < -0.3 is 10.4 Å². The molecular formula is C17H33NO. The zero-order valence-electron chi connectivity index (χ0n) is 12.7. The normalized spacial score (nSPS) is 36.3. The molecule has 2 aliphatic carbocycles. The smallest absolute Gasteiger partial charge is 0.0462 e. The molecule has 2 heteroatoms. The number of hydrogen-bond acceptors (Lipinski definition) is 2. The summed E-state index contributed by atoms with van der Waals surface area (Å²) in [5.41, 5.74) is 0. The summed E-state index contributed by atoms with van der Waals surface area (Å²) < 4.78 is 0. The number of rotatable bonds is 6. The topological polar surface area (TPSA) is 32.3 Å². The molecule has 4 unspecified atom stereocenters. The van der Waals surface area contributed by atoms with E-state index >= 15 is 0 Å². The first-order valence-corrected chi connectivity index (χ1v) is 8.67. The number of aliphatic hydroxyl groups is 1. The minimum atomic E-state index is 0.398. The molecule has 19 heavy (non-hydrogen) atoms. The predicted octanol–water partition coefficient (Wildman–Crippen LogP) is 3.73. The zero-order chi connectivity index (χ0) is 13.5. The molecule has 2 N–H and O–H groups in total. The average Bonchev–Trinajstić information content (AvgIpc) is 2.77. The molecule has 2 fully saturated rings. The first kappa shape index (κ1) is 15.3. The van der Waals surface area contributed by atoms with Crippen LogP contribution in [0, 0.1) is 17.8 Å². The Morgan fingerprint density at radius 3 is 2.53 bits per heavy atom. The highest BCUT2D eigenvalue weighted by Crippen LogP contribution is 2.31. The van der Waals surface area contributed by atoms with Crippen molar-refractivity contribution in [3.05, 3.63) is 0 Å². The summed E-state index contributed by atoms with van der Waals surface area (Å²) >= 11 is 0.